The molecule has 0 amide bonds. The lowest BCUT2D eigenvalue weighted by molar-refractivity contribution is -0.137. The summed E-state index contributed by atoms with van der Waals surface area (Å²) in [6, 6.07) is 11.8. The minimum Gasteiger partial charge on any atom is -0.463 e. The predicted octanol–water partition coefficient (Wildman–Crippen LogP) is 5.71. The number of esters is 1. The molecule has 6 heteroatoms. The molecule has 1 aliphatic carbocycles. The molecule has 2 aromatic carbocycles. The van der Waals surface area contributed by atoms with Gasteiger partial charge in [-0.15, -0.1) is 0 Å². The zero-order chi connectivity index (χ0) is 27.0. The third-order valence-electron chi connectivity index (χ3n) is 7.01. The molecule has 3 rings (SSSR count). The number of rotatable bonds is 13. The standard InChI is InChI=1S/C31H42FNO4/c1-6-29(27-17-28(32)21(3)14-25(27)12-13-30(35)36-7-2)37-20-26(34)19-33-31(4,5)18-22-15-23-10-8-9-11-24(23)16-22/h8-14,17,22,26,29,33-34H,6-7,15-16,18-20H2,1-5H3/b13-12+/t26-,29-/m1/s1. The molecule has 5 nitrogen and oxygen atoms in total. The van der Waals surface area contributed by atoms with Gasteiger partial charge in [-0.3, -0.25) is 0 Å². The number of ether oxygens (including phenoxy) is 2. The second kappa shape index (κ2) is 13.3. The van der Waals surface area contributed by atoms with E-state index in [-0.39, 0.29) is 24.6 Å². The number of hydrogen-bond donors (Lipinski definition) is 2. The number of β-amino-alcohol motifs (C(OH)–C–C–N with tert-alkyl or cyclic N) is 1. The minimum absolute atomic E-state index is 0.118. The second-order valence-corrected chi connectivity index (χ2v) is 10.7. The number of hydrogen-bond acceptors (Lipinski definition) is 5. The van der Waals surface area contributed by atoms with Gasteiger partial charge >= 0.3 is 5.97 Å². The lowest BCUT2D eigenvalue weighted by Gasteiger charge is -2.31. The van der Waals surface area contributed by atoms with Gasteiger partial charge in [-0.1, -0.05) is 31.2 Å². The van der Waals surface area contributed by atoms with Crippen LogP contribution in [0.3, 0.4) is 0 Å². The van der Waals surface area contributed by atoms with Crippen molar-refractivity contribution >= 4 is 12.0 Å². The van der Waals surface area contributed by atoms with Crippen LogP contribution in [0.5, 0.6) is 0 Å². The number of benzene rings is 2. The van der Waals surface area contributed by atoms with E-state index in [1.807, 2.05) is 6.92 Å². The average Bonchev–Trinajstić information content (AvgIpc) is 3.26. The number of carbonyl (C=O) groups is 1. The number of nitrogens with one attached hydrogen (secondary N) is 1. The number of fused-ring (bicyclic) bond motifs is 1. The molecule has 1 aliphatic rings. The number of aliphatic hydroxyl groups excluding tert-OH is 1. The molecule has 0 aromatic heterocycles. The molecule has 2 N–H and O–H groups in total. The van der Waals surface area contributed by atoms with Crippen molar-refractivity contribution in [1.29, 1.82) is 0 Å². The van der Waals surface area contributed by atoms with Crippen LogP contribution in [-0.4, -0.2) is 42.5 Å². The fraction of sp³-hybridized carbons (Fsp3) is 0.516. The van der Waals surface area contributed by atoms with Crippen molar-refractivity contribution in [3.8, 4) is 0 Å². The maximum atomic E-state index is 14.4. The largest absolute Gasteiger partial charge is 0.463 e. The Labute approximate surface area is 221 Å². The van der Waals surface area contributed by atoms with E-state index < -0.39 is 18.2 Å². The first-order valence-electron chi connectivity index (χ1n) is 13.4. The molecule has 0 radical (unpaired) electrons. The summed E-state index contributed by atoms with van der Waals surface area (Å²) in [5.74, 6) is -0.186. The van der Waals surface area contributed by atoms with Crippen molar-refractivity contribution in [2.75, 3.05) is 19.8 Å². The summed E-state index contributed by atoms with van der Waals surface area (Å²) in [5, 5.41) is 14.2. The van der Waals surface area contributed by atoms with E-state index in [1.54, 1.807) is 26.0 Å². The number of carbonyl (C=O) groups excluding carboxylic acids is 1. The van der Waals surface area contributed by atoms with Gasteiger partial charge in [0.15, 0.2) is 0 Å². The second-order valence-electron chi connectivity index (χ2n) is 10.7. The van der Waals surface area contributed by atoms with E-state index in [1.165, 1.54) is 23.3 Å². The molecule has 0 fully saturated rings. The highest BCUT2D eigenvalue weighted by Crippen LogP contribution is 2.32. The van der Waals surface area contributed by atoms with Crippen molar-refractivity contribution in [3.05, 3.63) is 76.1 Å². The third-order valence-corrected chi connectivity index (χ3v) is 7.01. The van der Waals surface area contributed by atoms with E-state index in [9.17, 15) is 14.3 Å². The highest BCUT2D eigenvalue weighted by atomic mass is 19.1. The van der Waals surface area contributed by atoms with Crippen LogP contribution in [0, 0.1) is 18.7 Å². The monoisotopic (exact) mass is 511 g/mol. The summed E-state index contributed by atoms with van der Waals surface area (Å²) in [6.45, 7) is 10.5. The molecule has 37 heavy (non-hydrogen) atoms. The van der Waals surface area contributed by atoms with Crippen LogP contribution in [0.1, 0.15) is 74.5 Å². The van der Waals surface area contributed by atoms with Crippen molar-refractivity contribution in [2.45, 2.75) is 78.0 Å². The first-order valence-corrected chi connectivity index (χ1v) is 13.4. The van der Waals surface area contributed by atoms with Gasteiger partial charge in [0.25, 0.3) is 0 Å². The van der Waals surface area contributed by atoms with Crippen LogP contribution >= 0.6 is 0 Å². The Bertz CT molecular complexity index is 1060. The van der Waals surface area contributed by atoms with Gasteiger partial charge in [0.1, 0.15) is 5.82 Å². The highest BCUT2D eigenvalue weighted by Gasteiger charge is 2.28. The lowest BCUT2D eigenvalue weighted by Crippen LogP contribution is -2.45. The van der Waals surface area contributed by atoms with Crippen molar-refractivity contribution in [3.63, 3.8) is 0 Å². The van der Waals surface area contributed by atoms with Crippen molar-refractivity contribution in [2.24, 2.45) is 5.92 Å². The Kier molecular flexibility index (Phi) is 10.4. The zero-order valence-electron chi connectivity index (χ0n) is 22.9. The van der Waals surface area contributed by atoms with E-state index in [2.05, 4.69) is 43.4 Å². The first kappa shape index (κ1) is 29.0. The maximum absolute atomic E-state index is 14.4. The summed E-state index contributed by atoms with van der Waals surface area (Å²) in [4.78, 5) is 11.8. The van der Waals surface area contributed by atoms with Crippen LogP contribution in [0.2, 0.25) is 0 Å². The molecule has 2 aromatic rings. The van der Waals surface area contributed by atoms with Gasteiger partial charge in [-0.05, 0) is 105 Å². The molecule has 0 saturated carbocycles. The Balaban J connectivity index is 1.55. The SMILES string of the molecule is CCOC(=O)/C=C/c1cc(C)c(F)cc1[C@@H](CC)OC[C@H](O)CNC(C)(C)CC1Cc2ccccc2C1. The van der Waals surface area contributed by atoms with E-state index in [0.717, 1.165) is 19.3 Å². The Morgan fingerprint density at radius 1 is 1.22 bits per heavy atom. The molecular weight excluding hydrogens is 469 g/mol. The summed E-state index contributed by atoms with van der Waals surface area (Å²) in [6.07, 6.45) is 5.67. The van der Waals surface area contributed by atoms with E-state index in [4.69, 9.17) is 9.47 Å². The zero-order valence-corrected chi connectivity index (χ0v) is 22.9. The number of aryl methyl sites for hydroxylation is 1. The first-order chi connectivity index (χ1) is 17.6. The predicted molar refractivity (Wildman–Crippen MR) is 146 cm³/mol. The van der Waals surface area contributed by atoms with Gasteiger partial charge in [0.2, 0.25) is 0 Å². The summed E-state index contributed by atoms with van der Waals surface area (Å²) in [5.41, 5.74) is 4.61. The summed E-state index contributed by atoms with van der Waals surface area (Å²) >= 11 is 0. The molecular formula is C31H42FNO4. The smallest absolute Gasteiger partial charge is 0.330 e. The van der Waals surface area contributed by atoms with Crippen molar-refractivity contribution < 1.29 is 23.8 Å². The average molecular weight is 512 g/mol. The molecule has 0 unspecified atom stereocenters. The molecule has 0 bridgehead atoms. The molecule has 0 spiro atoms. The van der Waals surface area contributed by atoms with E-state index >= 15 is 0 Å². The maximum Gasteiger partial charge on any atom is 0.330 e. The molecule has 0 aliphatic heterocycles. The molecule has 0 saturated heterocycles. The molecule has 202 valence electrons. The fourth-order valence-corrected chi connectivity index (χ4v) is 5.19. The van der Waals surface area contributed by atoms with Crippen LogP contribution in [-0.2, 0) is 27.1 Å². The number of halogens is 1. The summed E-state index contributed by atoms with van der Waals surface area (Å²) in [7, 11) is 0. The van der Waals surface area contributed by atoms with Crippen LogP contribution in [0.25, 0.3) is 6.08 Å². The van der Waals surface area contributed by atoms with Crippen LogP contribution in [0.4, 0.5) is 4.39 Å². The van der Waals surface area contributed by atoms with E-state index in [0.29, 0.717) is 35.6 Å². The Hall–Kier alpha value is -2.54. The van der Waals surface area contributed by atoms with Crippen LogP contribution < -0.4 is 5.32 Å². The normalized spacial score (nSPS) is 15.6. The Morgan fingerprint density at radius 3 is 2.51 bits per heavy atom. The van der Waals surface area contributed by atoms with Gasteiger partial charge in [0, 0.05) is 18.2 Å². The minimum atomic E-state index is -0.706. The summed E-state index contributed by atoms with van der Waals surface area (Å²) < 4.78 is 25.5. The van der Waals surface area contributed by atoms with Gasteiger partial charge in [-0.2, -0.15) is 0 Å². The van der Waals surface area contributed by atoms with Gasteiger partial charge in [-0.25, -0.2) is 9.18 Å². The van der Waals surface area contributed by atoms with Crippen LogP contribution in [0.15, 0.2) is 42.5 Å². The quantitative estimate of drug-likeness (QED) is 0.266. The third kappa shape index (κ3) is 8.49. The fourth-order valence-electron chi connectivity index (χ4n) is 5.19. The van der Waals surface area contributed by atoms with Gasteiger partial charge in [0.05, 0.1) is 25.4 Å². The number of aliphatic hydroxyl groups is 1. The lowest BCUT2D eigenvalue weighted by atomic mass is 9.88. The van der Waals surface area contributed by atoms with Crippen molar-refractivity contribution in [1.82, 2.24) is 5.32 Å². The Morgan fingerprint density at radius 2 is 1.89 bits per heavy atom. The van der Waals surface area contributed by atoms with Gasteiger partial charge < -0.3 is 19.9 Å². The molecule has 0 heterocycles. The molecule has 2 atom stereocenters. The topological polar surface area (TPSA) is 67.8 Å². The highest BCUT2D eigenvalue weighted by molar-refractivity contribution is 5.87.